The number of hydrogen-bond donors (Lipinski definition) is 1. The van der Waals surface area contributed by atoms with Gasteiger partial charge in [-0.15, -0.1) is 0 Å². The Labute approximate surface area is 71.1 Å². The van der Waals surface area contributed by atoms with Crippen molar-refractivity contribution in [1.82, 2.24) is 5.32 Å². The minimum absolute atomic E-state index is 0.0625. The lowest BCUT2D eigenvalue weighted by molar-refractivity contribution is -0.125. The van der Waals surface area contributed by atoms with Crippen molar-refractivity contribution < 1.29 is 9.53 Å². The van der Waals surface area contributed by atoms with E-state index in [9.17, 15) is 4.79 Å². The zero-order valence-electron chi connectivity index (χ0n) is 6.96. The van der Waals surface area contributed by atoms with E-state index in [4.69, 9.17) is 4.74 Å². The van der Waals surface area contributed by atoms with Crippen LogP contribution in [0.2, 0.25) is 0 Å². The minimum atomic E-state index is -0.0625. The molecule has 0 saturated carbocycles. The summed E-state index contributed by atoms with van der Waals surface area (Å²) in [5, 5.41) is 2.78. The zero-order chi connectivity index (χ0) is 8.55. The summed E-state index contributed by atoms with van der Waals surface area (Å²) in [6, 6.07) is 0. The molecule has 0 spiro atoms. The number of nitrogens with one attached hydrogen (secondary N) is 1. The molecule has 1 amide bonds. The Kier molecular flexibility index (Phi) is 1.64. The van der Waals surface area contributed by atoms with Crippen molar-refractivity contribution >= 4 is 5.91 Å². The fourth-order valence-electron chi connectivity index (χ4n) is 1.41. The molecule has 64 valence electrons. The van der Waals surface area contributed by atoms with Gasteiger partial charge in [0, 0.05) is 0 Å². The Bertz CT molecular complexity index is 278. The molecule has 0 bridgehead atoms. The summed E-state index contributed by atoms with van der Waals surface area (Å²) < 4.78 is 5.22. The number of amides is 1. The van der Waals surface area contributed by atoms with E-state index in [0.29, 0.717) is 5.92 Å². The van der Waals surface area contributed by atoms with Gasteiger partial charge in [0.15, 0.2) is 6.61 Å². The highest BCUT2D eigenvalue weighted by Gasteiger charge is 2.21. The third-order valence-corrected chi connectivity index (χ3v) is 2.02. The van der Waals surface area contributed by atoms with E-state index in [-0.39, 0.29) is 12.5 Å². The molecule has 2 aliphatic rings. The zero-order valence-corrected chi connectivity index (χ0v) is 6.96. The van der Waals surface area contributed by atoms with Crippen LogP contribution in [-0.2, 0) is 9.53 Å². The molecule has 2 rings (SSSR count). The number of allylic oxidation sites excluding steroid dienone is 2. The Morgan fingerprint density at radius 2 is 2.50 bits per heavy atom. The van der Waals surface area contributed by atoms with Crippen LogP contribution >= 0.6 is 0 Å². The summed E-state index contributed by atoms with van der Waals surface area (Å²) in [7, 11) is 0. The quantitative estimate of drug-likeness (QED) is 0.580. The predicted molar refractivity (Wildman–Crippen MR) is 44.0 cm³/mol. The highest BCUT2D eigenvalue weighted by atomic mass is 16.5. The highest BCUT2D eigenvalue weighted by molar-refractivity contribution is 5.81. The maximum Gasteiger partial charge on any atom is 0.262 e. The fourth-order valence-corrected chi connectivity index (χ4v) is 1.41. The number of fused-ring (bicyclic) bond motifs is 1. The van der Waals surface area contributed by atoms with Gasteiger partial charge in [0.2, 0.25) is 0 Å². The number of carbonyl (C=O) groups is 1. The monoisotopic (exact) mass is 165 g/mol. The molecule has 1 aliphatic heterocycles. The van der Waals surface area contributed by atoms with E-state index in [1.807, 2.05) is 12.2 Å². The van der Waals surface area contributed by atoms with E-state index in [2.05, 4.69) is 12.2 Å². The standard InChI is InChI=1S/C9H11NO2/c1-6-2-3-8-7(4-6)10-9(11)5-12-8/h3-4,6H,2,5H2,1H3,(H,10,11). The van der Waals surface area contributed by atoms with Gasteiger partial charge in [0.1, 0.15) is 5.76 Å². The molecular formula is C9H11NO2. The molecule has 0 radical (unpaired) electrons. The summed E-state index contributed by atoms with van der Waals surface area (Å²) in [5.74, 6) is 1.26. The van der Waals surface area contributed by atoms with E-state index in [0.717, 1.165) is 17.9 Å². The van der Waals surface area contributed by atoms with Crippen molar-refractivity contribution in [3.8, 4) is 0 Å². The number of ether oxygens (including phenoxy) is 1. The Hall–Kier alpha value is -1.25. The lowest BCUT2D eigenvalue weighted by Crippen LogP contribution is -2.34. The number of carbonyl (C=O) groups excluding carboxylic acids is 1. The van der Waals surface area contributed by atoms with Crippen LogP contribution in [0, 0.1) is 5.92 Å². The van der Waals surface area contributed by atoms with Crippen molar-refractivity contribution in [2.24, 2.45) is 5.92 Å². The molecule has 1 unspecified atom stereocenters. The van der Waals surface area contributed by atoms with Crippen molar-refractivity contribution in [1.29, 1.82) is 0 Å². The summed E-state index contributed by atoms with van der Waals surface area (Å²) in [6.45, 7) is 2.26. The number of rotatable bonds is 0. The van der Waals surface area contributed by atoms with Crippen molar-refractivity contribution in [2.45, 2.75) is 13.3 Å². The number of morpholine rings is 1. The fraction of sp³-hybridized carbons (Fsp3) is 0.444. The molecule has 3 nitrogen and oxygen atoms in total. The van der Waals surface area contributed by atoms with Gasteiger partial charge in [-0.2, -0.15) is 0 Å². The molecule has 1 N–H and O–H groups in total. The second-order valence-electron chi connectivity index (χ2n) is 3.20. The van der Waals surface area contributed by atoms with Gasteiger partial charge in [-0.25, -0.2) is 0 Å². The summed E-state index contributed by atoms with van der Waals surface area (Å²) >= 11 is 0. The largest absolute Gasteiger partial charge is 0.482 e. The van der Waals surface area contributed by atoms with Crippen LogP contribution in [0.15, 0.2) is 23.6 Å². The molecule has 0 aromatic rings. The molecule has 1 aliphatic carbocycles. The van der Waals surface area contributed by atoms with E-state index in [1.165, 1.54) is 0 Å². The molecule has 3 heteroatoms. The normalized spacial score (nSPS) is 27.8. The second kappa shape index (κ2) is 2.66. The van der Waals surface area contributed by atoms with Crippen molar-refractivity contribution in [3.05, 3.63) is 23.6 Å². The van der Waals surface area contributed by atoms with Crippen LogP contribution < -0.4 is 5.32 Å². The van der Waals surface area contributed by atoms with Gasteiger partial charge in [-0.3, -0.25) is 4.79 Å². The Morgan fingerprint density at radius 3 is 3.33 bits per heavy atom. The van der Waals surface area contributed by atoms with Crippen LogP contribution in [0.1, 0.15) is 13.3 Å². The average molecular weight is 165 g/mol. The van der Waals surface area contributed by atoms with Gasteiger partial charge in [-0.05, 0) is 18.4 Å². The van der Waals surface area contributed by atoms with Gasteiger partial charge in [0.05, 0.1) is 5.70 Å². The second-order valence-corrected chi connectivity index (χ2v) is 3.20. The first-order valence-electron chi connectivity index (χ1n) is 4.11. The summed E-state index contributed by atoms with van der Waals surface area (Å²) in [6.07, 6.45) is 5.06. The van der Waals surface area contributed by atoms with Crippen molar-refractivity contribution in [2.75, 3.05) is 6.61 Å². The first kappa shape index (κ1) is 7.40. The molecule has 0 aromatic carbocycles. The van der Waals surface area contributed by atoms with E-state index >= 15 is 0 Å². The smallest absolute Gasteiger partial charge is 0.262 e. The predicted octanol–water partition coefficient (Wildman–Crippen LogP) is 0.940. The molecule has 12 heavy (non-hydrogen) atoms. The van der Waals surface area contributed by atoms with Gasteiger partial charge in [-0.1, -0.05) is 13.0 Å². The molecule has 0 aromatic heterocycles. The first-order chi connectivity index (χ1) is 5.75. The molecular weight excluding hydrogens is 154 g/mol. The lowest BCUT2D eigenvalue weighted by atomic mass is 10.00. The Balaban J connectivity index is 2.23. The van der Waals surface area contributed by atoms with Gasteiger partial charge >= 0.3 is 0 Å². The third kappa shape index (κ3) is 1.22. The first-order valence-corrected chi connectivity index (χ1v) is 4.11. The molecule has 1 atom stereocenters. The van der Waals surface area contributed by atoms with E-state index < -0.39 is 0 Å². The van der Waals surface area contributed by atoms with Crippen molar-refractivity contribution in [3.63, 3.8) is 0 Å². The van der Waals surface area contributed by atoms with E-state index in [1.54, 1.807) is 0 Å². The minimum Gasteiger partial charge on any atom is -0.482 e. The SMILES string of the molecule is CC1C=C2NC(=O)COC2=CC1. The molecule has 1 heterocycles. The number of hydrogen-bond acceptors (Lipinski definition) is 2. The maximum absolute atomic E-state index is 10.9. The van der Waals surface area contributed by atoms with Crippen LogP contribution in [0.5, 0.6) is 0 Å². The van der Waals surface area contributed by atoms with Crippen LogP contribution in [0.4, 0.5) is 0 Å². The van der Waals surface area contributed by atoms with Gasteiger partial charge in [0.25, 0.3) is 5.91 Å². The summed E-state index contributed by atoms with van der Waals surface area (Å²) in [4.78, 5) is 10.9. The average Bonchev–Trinajstić information content (AvgIpc) is 2.03. The van der Waals surface area contributed by atoms with Crippen LogP contribution in [0.3, 0.4) is 0 Å². The van der Waals surface area contributed by atoms with Gasteiger partial charge < -0.3 is 10.1 Å². The van der Waals surface area contributed by atoms with Crippen LogP contribution in [0.25, 0.3) is 0 Å². The summed E-state index contributed by atoms with van der Waals surface area (Å²) in [5.41, 5.74) is 0.838. The molecule has 1 fully saturated rings. The third-order valence-electron chi connectivity index (χ3n) is 2.02. The molecule has 1 saturated heterocycles. The topological polar surface area (TPSA) is 38.3 Å². The maximum atomic E-state index is 10.9. The lowest BCUT2D eigenvalue weighted by Gasteiger charge is -2.24. The highest BCUT2D eigenvalue weighted by Crippen LogP contribution is 2.23. The van der Waals surface area contributed by atoms with Crippen LogP contribution in [-0.4, -0.2) is 12.5 Å². The Morgan fingerprint density at radius 1 is 1.67 bits per heavy atom.